The zero-order valence-electron chi connectivity index (χ0n) is 12.0. The van der Waals surface area contributed by atoms with E-state index in [1.807, 2.05) is 18.2 Å². The summed E-state index contributed by atoms with van der Waals surface area (Å²) < 4.78 is 5.68. The Bertz CT molecular complexity index is 485. The van der Waals surface area contributed by atoms with Crippen LogP contribution in [0.15, 0.2) is 23.8 Å². The number of aliphatic hydroxyl groups is 1. The summed E-state index contributed by atoms with van der Waals surface area (Å²) in [6.45, 7) is 6.14. The van der Waals surface area contributed by atoms with Crippen molar-refractivity contribution < 1.29 is 9.84 Å². The third kappa shape index (κ3) is 4.51. The molecule has 0 spiro atoms. The highest BCUT2D eigenvalue weighted by Gasteiger charge is 2.12. The molecule has 0 saturated heterocycles. The van der Waals surface area contributed by atoms with Crippen LogP contribution in [0.3, 0.4) is 0 Å². The number of hydrogen-bond donors (Lipinski definition) is 2. The van der Waals surface area contributed by atoms with Crippen LogP contribution in [-0.2, 0) is 0 Å². The molecule has 1 aliphatic rings. The molecule has 1 unspecified atom stereocenters. The van der Waals surface area contributed by atoms with Gasteiger partial charge in [-0.2, -0.15) is 0 Å². The molecule has 0 fully saturated rings. The molecular formula is C16H22ClNO2. The molecule has 20 heavy (non-hydrogen) atoms. The van der Waals surface area contributed by atoms with Gasteiger partial charge < -0.3 is 15.2 Å². The van der Waals surface area contributed by atoms with E-state index in [1.165, 1.54) is 0 Å². The van der Waals surface area contributed by atoms with Crippen LogP contribution in [0, 0.1) is 5.92 Å². The Labute approximate surface area is 125 Å². The number of fused-ring (bicyclic) bond motifs is 1. The van der Waals surface area contributed by atoms with Crippen LogP contribution in [-0.4, -0.2) is 30.9 Å². The molecular weight excluding hydrogens is 274 g/mol. The van der Waals surface area contributed by atoms with Gasteiger partial charge >= 0.3 is 0 Å². The van der Waals surface area contributed by atoms with E-state index >= 15 is 0 Å². The minimum absolute atomic E-state index is 0.290. The second-order valence-electron chi connectivity index (χ2n) is 5.69. The topological polar surface area (TPSA) is 41.5 Å². The Morgan fingerprint density at radius 1 is 1.40 bits per heavy atom. The Balaban J connectivity index is 1.85. The first kappa shape index (κ1) is 15.4. The van der Waals surface area contributed by atoms with Crippen molar-refractivity contribution in [3.8, 4) is 5.75 Å². The summed E-state index contributed by atoms with van der Waals surface area (Å²) in [5, 5.41) is 13.8. The molecule has 1 aliphatic heterocycles. The van der Waals surface area contributed by atoms with E-state index in [0.29, 0.717) is 24.1 Å². The average molecular weight is 296 g/mol. The Morgan fingerprint density at radius 2 is 2.20 bits per heavy atom. The molecule has 3 nitrogen and oxygen atoms in total. The first-order chi connectivity index (χ1) is 9.54. The molecule has 1 aromatic carbocycles. The van der Waals surface area contributed by atoms with Gasteiger partial charge in [-0.1, -0.05) is 25.4 Å². The lowest BCUT2D eigenvalue weighted by Crippen LogP contribution is -2.30. The summed E-state index contributed by atoms with van der Waals surface area (Å²) in [5.41, 5.74) is 2.18. The molecule has 0 radical (unpaired) electrons. The zero-order chi connectivity index (χ0) is 14.5. The minimum Gasteiger partial charge on any atom is -0.489 e. The molecule has 4 heteroatoms. The number of nitrogens with one attached hydrogen (secondary N) is 1. The van der Waals surface area contributed by atoms with E-state index in [0.717, 1.165) is 29.9 Å². The van der Waals surface area contributed by atoms with E-state index in [1.54, 1.807) is 0 Å². The lowest BCUT2D eigenvalue weighted by molar-refractivity contribution is 0.147. The molecule has 1 heterocycles. The summed E-state index contributed by atoms with van der Waals surface area (Å²) in [6, 6.07) is 5.63. The number of hydrogen-bond acceptors (Lipinski definition) is 3. The van der Waals surface area contributed by atoms with Gasteiger partial charge in [-0.05, 0) is 42.2 Å². The highest BCUT2D eigenvalue weighted by atomic mass is 35.5. The van der Waals surface area contributed by atoms with Gasteiger partial charge in [0.2, 0.25) is 0 Å². The van der Waals surface area contributed by atoms with Crippen LogP contribution < -0.4 is 10.1 Å². The van der Waals surface area contributed by atoms with E-state index in [9.17, 15) is 5.11 Å². The van der Waals surface area contributed by atoms with Gasteiger partial charge in [0.05, 0.1) is 6.10 Å². The molecule has 2 rings (SSSR count). The van der Waals surface area contributed by atoms with Crippen molar-refractivity contribution in [2.24, 2.45) is 5.92 Å². The maximum absolute atomic E-state index is 9.81. The van der Waals surface area contributed by atoms with E-state index in [2.05, 4.69) is 25.2 Å². The molecule has 0 aromatic heterocycles. The second-order valence-corrected chi connectivity index (χ2v) is 6.12. The third-order valence-electron chi connectivity index (χ3n) is 3.22. The summed E-state index contributed by atoms with van der Waals surface area (Å²) in [7, 11) is 0. The first-order valence-electron chi connectivity index (χ1n) is 7.05. The monoisotopic (exact) mass is 295 g/mol. The van der Waals surface area contributed by atoms with Crippen molar-refractivity contribution in [3.63, 3.8) is 0 Å². The van der Waals surface area contributed by atoms with Gasteiger partial charge in [0, 0.05) is 23.7 Å². The lowest BCUT2D eigenvalue weighted by atomic mass is 10.1. The first-order valence-corrected chi connectivity index (χ1v) is 7.43. The largest absolute Gasteiger partial charge is 0.489 e. The average Bonchev–Trinajstić information content (AvgIpc) is 2.37. The van der Waals surface area contributed by atoms with Crippen molar-refractivity contribution in [1.82, 2.24) is 5.32 Å². The Hall–Kier alpha value is -1.03. The maximum atomic E-state index is 9.81. The molecule has 0 aliphatic carbocycles. The summed E-state index contributed by atoms with van der Waals surface area (Å²) in [4.78, 5) is 0. The number of ether oxygens (including phenoxy) is 1. The van der Waals surface area contributed by atoms with Gasteiger partial charge in [-0.25, -0.2) is 0 Å². The fraction of sp³-hybridized carbons (Fsp3) is 0.500. The number of rotatable bonds is 6. The highest BCUT2D eigenvalue weighted by Crippen LogP contribution is 2.28. The van der Waals surface area contributed by atoms with Crippen molar-refractivity contribution in [2.75, 3.05) is 19.7 Å². The molecule has 2 N–H and O–H groups in total. The van der Waals surface area contributed by atoms with Crippen LogP contribution in [0.5, 0.6) is 5.75 Å². The van der Waals surface area contributed by atoms with E-state index < -0.39 is 0 Å². The zero-order valence-corrected chi connectivity index (χ0v) is 12.8. The number of aliphatic hydroxyl groups excluding tert-OH is 1. The van der Waals surface area contributed by atoms with Gasteiger partial charge in [-0.15, -0.1) is 0 Å². The summed E-state index contributed by atoms with van der Waals surface area (Å²) >= 11 is 5.99. The Morgan fingerprint density at radius 3 is 2.95 bits per heavy atom. The quantitative estimate of drug-likeness (QED) is 0.847. The van der Waals surface area contributed by atoms with Crippen LogP contribution in [0.4, 0.5) is 0 Å². The third-order valence-corrected chi connectivity index (χ3v) is 3.46. The fourth-order valence-corrected chi connectivity index (χ4v) is 2.51. The van der Waals surface area contributed by atoms with Crippen molar-refractivity contribution in [2.45, 2.75) is 26.4 Å². The predicted molar refractivity (Wildman–Crippen MR) is 83.3 cm³/mol. The molecule has 0 saturated carbocycles. The lowest BCUT2D eigenvalue weighted by Gasteiger charge is -2.19. The smallest absolute Gasteiger partial charge is 0.127 e. The van der Waals surface area contributed by atoms with E-state index in [-0.39, 0.29) is 6.10 Å². The highest BCUT2D eigenvalue weighted by molar-refractivity contribution is 6.30. The fourth-order valence-electron chi connectivity index (χ4n) is 2.32. The molecule has 0 bridgehead atoms. The van der Waals surface area contributed by atoms with Gasteiger partial charge in [0.25, 0.3) is 0 Å². The van der Waals surface area contributed by atoms with Crippen LogP contribution >= 0.6 is 11.6 Å². The van der Waals surface area contributed by atoms with Crippen LogP contribution in [0.25, 0.3) is 6.08 Å². The summed E-state index contributed by atoms with van der Waals surface area (Å²) in [5.74, 6) is 1.39. The Kier molecular flexibility index (Phi) is 5.46. The van der Waals surface area contributed by atoms with E-state index in [4.69, 9.17) is 16.3 Å². The van der Waals surface area contributed by atoms with Gasteiger partial charge in [0.15, 0.2) is 0 Å². The maximum Gasteiger partial charge on any atom is 0.127 e. The molecule has 1 aromatic rings. The molecule has 0 amide bonds. The molecule has 110 valence electrons. The molecule has 1 atom stereocenters. The SMILES string of the molecule is CC(C)CC(O)CNCC1=Cc2cc(Cl)ccc2OC1. The van der Waals surface area contributed by atoms with Crippen molar-refractivity contribution in [3.05, 3.63) is 34.4 Å². The van der Waals surface area contributed by atoms with Gasteiger partial charge in [-0.3, -0.25) is 0 Å². The second kappa shape index (κ2) is 7.11. The van der Waals surface area contributed by atoms with Crippen molar-refractivity contribution in [1.29, 1.82) is 0 Å². The number of benzene rings is 1. The normalized spacial score (nSPS) is 15.6. The number of halogens is 1. The predicted octanol–water partition coefficient (Wildman–Crippen LogP) is 3.11. The van der Waals surface area contributed by atoms with Crippen molar-refractivity contribution >= 4 is 17.7 Å². The minimum atomic E-state index is -0.290. The van der Waals surface area contributed by atoms with Crippen LogP contribution in [0.2, 0.25) is 5.02 Å². The standard InChI is InChI=1S/C16H22ClNO2/c1-11(2)5-15(19)9-18-8-12-6-13-7-14(17)3-4-16(13)20-10-12/h3-4,6-7,11,15,18-19H,5,8-10H2,1-2H3. The van der Waals surface area contributed by atoms with Crippen LogP contribution in [0.1, 0.15) is 25.8 Å². The summed E-state index contributed by atoms with van der Waals surface area (Å²) in [6.07, 6.45) is 2.63. The van der Waals surface area contributed by atoms with Gasteiger partial charge in [0.1, 0.15) is 12.4 Å².